The Kier molecular flexibility index (Phi) is 6.31. The van der Waals surface area contributed by atoms with E-state index in [1.54, 1.807) is 25.2 Å². The molecule has 2 aromatic carbocycles. The highest BCUT2D eigenvalue weighted by Gasteiger charge is 2.31. The molecule has 1 aliphatic carbocycles. The minimum atomic E-state index is -3.78. The number of urea groups is 1. The van der Waals surface area contributed by atoms with E-state index in [1.165, 1.54) is 34.6 Å². The lowest BCUT2D eigenvalue weighted by molar-refractivity contribution is 0.262. The van der Waals surface area contributed by atoms with Crippen LogP contribution in [0.5, 0.6) is 0 Å². The number of benzene rings is 2. The molecule has 28 heavy (non-hydrogen) atoms. The first-order chi connectivity index (χ1) is 13.4. The molecule has 1 fully saturated rings. The number of carbonyl (C=O) groups is 1. The molecule has 3 rings (SSSR count). The summed E-state index contributed by atoms with van der Waals surface area (Å²) in [5, 5.41) is 4.92. The van der Waals surface area contributed by atoms with Gasteiger partial charge in [0.1, 0.15) is 10.7 Å². The zero-order valence-electron chi connectivity index (χ0n) is 15.7. The maximum atomic E-state index is 13.7. The summed E-state index contributed by atoms with van der Waals surface area (Å²) in [7, 11) is -2.19. The number of amides is 2. The van der Waals surface area contributed by atoms with Crippen molar-refractivity contribution >= 4 is 27.4 Å². The minimum Gasteiger partial charge on any atom is -0.306 e. The molecule has 0 bridgehead atoms. The van der Waals surface area contributed by atoms with Crippen molar-refractivity contribution in [1.29, 1.82) is 0 Å². The number of halogens is 1. The van der Waals surface area contributed by atoms with Crippen LogP contribution in [-0.2, 0) is 10.0 Å². The number of sulfonamides is 1. The van der Waals surface area contributed by atoms with E-state index in [-0.39, 0.29) is 22.3 Å². The number of rotatable bonds is 5. The van der Waals surface area contributed by atoms with Crippen molar-refractivity contribution in [2.45, 2.75) is 43.0 Å². The van der Waals surface area contributed by atoms with Crippen LogP contribution >= 0.6 is 0 Å². The van der Waals surface area contributed by atoms with Gasteiger partial charge in [-0.25, -0.2) is 17.6 Å². The molecule has 0 aromatic heterocycles. The van der Waals surface area contributed by atoms with Crippen molar-refractivity contribution in [2.75, 3.05) is 17.7 Å². The SMILES string of the molecule is CN(C1CCCCC1)S(=O)(=O)c1ccccc1NC(=O)Nc1ccccc1F. The van der Waals surface area contributed by atoms with Crippen molar-refractivity contribution in [2.24, 2.45) is 0 Å². The number of hydrogen-bond donors (Lipinski definition) is 2. The van der Waals surface area contributed by atoms with Gasteiger partial charge in [-0.3, -0.25) is 0 Å². The molecule has 2 aromatic rings. The first-order valence-electron chi connectivity index (χ1n) is 9.29. The molecule has 0 aliphatic heterocycles. The van der Waals surface area contributed by atoms with Gasteiger partial charge in [0, 0.05) is 13.1 Å². The van der Waals surface area contributed by atoms with E-state index >= 15 is 0 Å². The van der Waals surface area contributed by atoms with Crippen LogP contribution in [-0.4, -0.2) is 31.8 Å². The molecule has 0 unspecified atom stereocenters. The Morgan fingerprint density at radius 3 is 2.21 bits per heavy atom. The first-order valence-corrected chi connectivity index (χ1v) is 10.7. The molecule has 2 amide bonds. The number of para-hydroxylation sites is 2. The molecular formula is C20H24FN3O3S. The van der Waals surface area contributed by atoms with E-state index in [1.807, 2.05) is 0 Å². The van der Waals surface area contributed by atoms with Gasteiger partial charge < -0.3 is 10.6 Å². The molecule has 0 heterocycles. The molecule has 1 saturated carbocycles. The highest BCUT2D eigenvalue weighted by atomic mass is 32.2. The Hall–Kier alpha value is -2.45. The number of anilines is 2. The molecule has 150 valence electrons. The maximum Gasteiger partial charge on any atom is 0.323 e. The fourth-order valence-electron chi connectivity index (χ4n) is 3.43. The first kappa shape index (κ1) is 20.3. The normalized spacial score (nSPS) is 15.4. The topological polar surface area (TPSA) is 78.5 Å². The van der Waals surface area contributed by atoms with E-state index in [0.29, 0.717) is 0 Å². The Labute approximate surface area is 164 Å². The third-order valence-corrected chi connectivity index (χ3v) is 6.97. The zero-order chi connectivity index (χ0) is 20.1. The van der Waals surface area contributed by atoms with Gasteiger partial charge in [-0.15, -0.1) is 0 Å². The van der Waals surface area contributed by atoms with Crippen LogP contribution < -0.4 is 10.6 Å². The van der Waals surface area contributed by atoms with Crippen LogP contribution in [0.15, 0.2) is 53.4 Å². The van der Waals surface area contributed by atoms with Crippen LogP contribution in [0, 0.1) is 5.82 Å². The molecule has 1 aliphatic rings. The van der Waals surface area contributed by atoms with Gasteiger partial charge in [0.2, 0.25) is 10.0 Å². The average molecular weight is 405 g/mol. The Morgan fingerprint density at radius 2 is 1.54 bits per heavy atom. The molecule has 0 radical (unpaired) electrons. The quantitative estimate of drug-likeness (QED) is 0.773. The van der Waals surface area contributed by atoms with Crippen molar-refractivity contribution < 1.29 is 17.6 Å². The Morgan fingerprint density at radius 1 is 0.964 bits per heavy atom. The van der Waals surface area contributed by atoms with E-state index in [2.05, 4.69) is 10.6 Å². The summed E-state index contributed by atoms with van der Waals surface area (Å²) in [5.41, 5.74) is 0.165. The molecule has 0 saturated heterocycles. The summed E-state index contributed by atoms with van der Waals surface area (Å²) in [6, 6.07) is 11.2. The maximum absolute atomic E-state index is 13.7. The van der Waals surface area contributed by atoms with E-state index in [0.717, 1.165) is 32.1 Å². The monoisotopic (exact) mass is 405 g/mol. The minimum absolute atomic E-state index is 0.0136. The van der Waals surface area contributed by atoms with E-state index in [4.69, 9.17) is 0 Å². The lowest BCUT2D eigenvalue weighted by atomic mass is 9.96. The molecule has 0 spiro atoms. The van der Waals surface area contributed by atoms with Gasteiger partial charge in [-0.2, -0.15) is 4.31 Å². The van der Waals surface area contributed by atoms with Crippen LogP contribution in [0.3, 0.4) is 0 Å². The lowest BCUT2D eigenvalue weighted by Crippen LogP contribution is -2.38. The van der Waals surface area contributed by atoms with Gasteiger partial charge in [0.15, 0.2) is 0 Å². The fraction of sp³-hybridized carbons (Fsp3) is 0.350. The standard InChI is InChI=1S/C20H24FN3O3S/c1-24(15-9-3-2-4-10-15)28(26,27)19-14-8-7-13-18(19)23-20(25)22-17-12-6-5-11-16(17)21/h5-8,11-15H,2-4,9-10H2,1H3,(H2,22,23,25). The number of nitrogens with one attached hydrogen (secondary N) is 2. The molecular weight excluding hydrogens is 381 g/mol. The highest BCUT2D eigenvalue weighted by Crippen LogP contribution is 2.29. The average Bonchev–Trinajstić information content (AvgIpc) is 2.70. The van der Waals surface area contributed by atoms with Crippen LogP contribution in [0.2, 0.25) is 0 Å². The van der Waals surface area contributed by atoms with Gasteiger partial charge in [-0.05, 0) is 37.1 Å². The van der Waals surface area contributed by atoms with Crippen molar-refractivity contribution in [1.82, 2.24) is 4.31 Å². The molecule has 6 nitrogen and oxygen atoms in total. The summed E-state index contributed by atoms with van der Waals surface area (Å²) in [4.78, 5) is 12.3. The second-order valence-electron chi connectivity index (χ2n) is 6.87. The number of hydrogen-bond acceptors (Lipinski definition) is 3. The summed E-state index contributed by atoms with van der Waals surface area (Å²) in [5.74, 6) is -0.574. The van der Waals surface area contributed by atoms with Gasteiger partial charge in [0.25, 0.3) is 0 Å². The summed E-state index contributed by atoms with van der Waals surface area (Å²) >= 11 is 0. The Balaban J connectivity index is 1.80. The third-order valence-electron chi connectivity index (χ3n) is 5.00. The highest BCUT2D eigenvalue weighted by molar-refractivity contribution is 7.89. The van der Waals surface area contributed by atoms with Crippen LogP contribution in [0.1, 0.15) is 32.1 Å². The largest absolute Gasteiger partial charge is 0.323 e. The van der Waals surface area contributed by atoms with Gasteiger partial charge in [-0.1, -0.05) is 43.5 Å². The number of carbonyl (C=O) groups excluding carboxylic acids is 1. The van der Waals surface area contributed by atoms with E-state index < -0.39 is 21.9 Å². The predicted molar refractivity (Wildman–Crippen MR) is 107 cm³/mol. The summed E-state index contributed by atoms with van der Waals surface area (Å²) < 4.78 is 41.4. The second kappa shape index (κ2) is 8.70. The van der Waals surface area contributed by atoms with Gasteiger partial charge in [0.05, 0.1) is 11.4 Å². The second-order valence-corrected chi connectivity index (χ2v) is 8.83. The zero-order valence-corrected chi connectivity index (χ0v) is 16.5. The molecule has 0 atom stereocenters. The van der Waals surface area contributed by atoms with Crippen LogP contribution in [0.4, 0.5) is 20.6 Å². The predicted octanol–water partition coefficient (Wildman–Crippen LogP) is 4.42. The summed E-state index contributed by atoms with van der Waals surface area (Å²) in [6.45, 7) is 0. The molecule has 8 heteroatoms. The number of nitrogens with zero attached hydrogens (tertiary/aromatic N) is 1. The van der Waals surface area contributed by atoms with Crippen molar-refractivity contribution in [3.63, 3.8) is 0 Å². The third kappa shape index (κ3) is 4.51. The molecule has 2 N–H and O–H groups in total. The summed E-state index contributed by atoms with van der Waals surface area (Å²) in [6.07, 6.45) is 4.81. The van der Waals surface area contributed by atoms with Crippen molar-refractivity contribution in [3.8, 4) is 0 Å². The van der Waals surface area contributed by atoms with E-state index in [9.17, 15) is 17.6 Å². The Bertz CT molecular complexity index is 943. The van der Waals surface area contributed by atoms with Crippen molar-refractivity contribution in [3.05, 3.63) is 54.3 Å². The van der Waals surface area contributed by atoms with Crippen LogP contribution in [0.25, 0.3) is 0 Å². The van der Waals surface area contributed by atoms with Gasteiger partial charge >= 0.3 is 6.03 Å². The fourth-order valence-corrected chi connectivity index (χ4v) is 4.99. The smallest absolute Gasteiger partial charge is 0.306 e. The lowest BCUT2D eigenvalue weighted by Gasteiger charge is -2.30.